The van der Waals surface area contributed by atoms with Gasteiger partial charge in [-0.3, -0.25) is 0 Å². The molecular formula is C15H22BrN3O. The molecule has 1 N–H and O–H groups in total. The molecular weight excluding hydrogens is 318 g/mol. The minimum Gasteiger partial charge on any atom is -0.368 e. The van der Waals surface area contributed by atoms with Crippen LogP contribution in [0.15, 0.2) is 28.7 Å². The molecule has 1 heterocycles. The number of benzene rings is 1. The lowest BCUT2D eigenvalue weighted by Crippen LogP contribution is -2.52. The second-order valence-electron chi connectivity index (χ2n) is 5.53. The van der Waals surface area contributed by atoms with Crippen LogP contribution in [0.1, 0.15) is 13.8 Å². The number of nitrogens with one attached hydrogen (secondary N) is 1. The molecule has 0 spiro atoms. The van der Waals surface area contributed by atoms with E-state index in [0.29, 0.717) is 5.92 Å². The fourth-order valence-electron chi connectivity index (χ4n) is 2.24. The molecule has 4 nitrogen and oxygen atoms in total. The zero-order valence-electron chi connectivity index (χ0n) is 12.1. The summed E-state index contributed by atoms with van der Waals surface area (Å²) >= 11 is 3.50. The van der Waals surface area contributed by atoms with Crippen LogP contribution in [-0.2, 0) is 0 Å². The van der Waals surface area contributed by atoms with Gasteiger partial charge in [-0.2, -0.15) is 0 Å². The topological polar surface area (TPSA) is 35.6 Å². The minimum atomic E-state index is 0.0626. The first-order valence-electron chi connectivity index (χ1n) is 7.09. The molecule has 0 aromatic heterocycles. The highest BCUT2D eigenvalue weighted by Crippen LogP contribution is 2.21. The third-order valence-electron chi connectivity index (χ3n) is 3.40. The maximum atomic E-state index is 12.0. The fraction of sp³-hybridized carbons (Fsp3) is 0.533. The number of anilines is 1. The van der Waals surface area contributed by atoms with Gasteiger partial charge in [-0.15, -0.1) is 0 Å². The molecule has 20 heavy (non-hydrogen) atoms. The lowest BCUT2D eigenvalue weighted by atomic mass is 10.2. The van der Waals surface area contributed by atoms with Gasteiger partial charge in [0.25, 0.3) is 0 Å². The molecule has 2 amide bonds. The second kappa shape index (κ2) is 6.97. The van der Waals surface area contributed by atoms with Crippen molar-refractivity contribution in [2.45, 2.75) is 13.8 Å². The summed E-state index contributed by atoms with van der Waals surface area (Å²) < 4.78 is 1.09. The molecule has 0 atom stereocenters. The number of piperazine rings is 1. The van der Waals surface area contributed by atoms with Crippen molar-refractivity contribution in [3.05, 3.63) is 28.7 Å². The van der Waals surface area contributed by atoms with Crippen LogP contribution in [0.5, 0.6) is 0 Å². The Morgan fingerprint density at radius 3 is 2.60 bits per heavy atom. The highest BCUT2D eigenvalue weighted by atomic mass is 79.9. The van der Waals surface area contributed by atoms with Gasteiger partial charge in [0.15, 0.2) is 0 Å². The number of halogens is 1. The van der Waals surface area contributed by atoms with Crippen molar-refractivity contribution in [1.82, 2.24) is 10.2 Å². The maximum absolute atomic E-state index is 12.0. The van der Waals surface area contributed by atoms with Gasteiger partial charge in [0.1, 0.15) is 0 Å². The van der Waals surface area contributed by atoms with Crippen molar-refractivity contribution in [3.8, 4) is 0 Å². The molecule has 5 heteroatoms. The average molecular weight is 340 g/mol. The van der Waals surface area contributed by atoms with Gasteiger partial charge in [0.2, 0.25) is 0 Å². The molecule has 0 bridgehead atoms. The van der Waals surface area contributed by atoms with Gasteiger partial charge in [-0.1, -0.05) is 35.8 Å². The molecule has 1 aromatic rings. The SMILES string of the molecule is CC(C)CNC(=O)N1CCN(c2cccc(Br)c2)CC1. The number of carbonyl (C=O) groups is 1. The van der Waals surface area contributed by atoms with Crippen molar-refractivity contribution < 1.29 is 4.79 Å². The van der Waals surface area contributed by atoms with Crippen LogP contribution in [0.4, 0.5) is 10.5 Å². The van der Waals surface area contributed by atoms with Crippen LogP contribution >= 0.6 is 15.9 Å². The van der Waals surface area contributed by atoms with E-state index in [9.17, 15) is 4.79 Å². The first kappa shape index (κ1) is 15.2. The Labute approximate surface area is 129 Å². The molecule has 0 saturated carbocycles. The number of amides is 2. The number of carbonyl (C=O) groups excluding carboxylic acids is 1. The molecule has 110 valence electrons. The molecule has 1 aliphatic heterocycles. The predicted octanol–water partition coefficient (Wildman–Crippen LogP) is 2.94. The quantitative estimate of drug-likeness (QED) is 0.918. The number of nitrogens with zero attached hydrogens (tertiary/aromatic N) is 2. The van der Waals surface area contributed by atoms with E-state index in [-0.39, 0.29) is 6.03 Å². The number of hydrogen-bond donors (Lipinski definition) is 1. The first-order chi connectivity index (χ1) is 9.56. The molecule has 0 aliphatic carbocycles. The average Bonchev–Trinajstić information content (AvgIpc) is 2.45. The number of urea groups is 1. The monoisotopic (exact) mass is 339 g/mol. The highest BCUT2D eigenvalue weighted by Gasteiger charge is 2.21. The van der Waals surface area contributed by atoms with E-state index in [1.165, 1.54) is 5.69 Å². The van der Waals surface area contributed by atoms with Crippen molar-refractivity contribution in [2.24, 2.45) is 5.92 Å². The van der Waals surface area contributed by atoms with Gasteiger partial charge in [0.05, 0.1) is 0 Å². The van der Waals surface area contributed by atoms with Crippen LogP contribution < -0.4 is 10.2 Å². The fourth-order valence-corrected chi connectivity index (χ4v) is 2.63. The summed E-state index contributed by atoms with van der Waals surface area (Å²) in [5.74, 6) is 0.488. The van der Waals surface area contributed by atoms with Gasteiger partial charge in [-0.05, 0) is 24.1 Å². The lowest BCUT2D eigenvalue weighted by molar-refractivity contribution is 0.193. The third kappa shape index (κ3) is 4.13. The smallest absolute Gasteiger partial charge is 0.317 e. The summed E-state index contributed by atoms with van der Waals surface area (Å²) in [6.45, 7) is 8.26. The van der Waals surface area contributed by atoms with Gasteiger partial charge < -0.3 is 15.1 Å². The molecule has 1 aromatic carbocycles. The Morgan fingerprint density at radius 1 is 1.30 bits per heavy atom. The van der Waals surface area contributed by atoms with E-state index in [0.717, 1.165) is 37.2 Å². The molecule has 1 aliphatic rings. The summed E-state index contributed by atoms with van der Waals surface area (Å²) in [7, 11) is 0. The molecule has 2 rings (SSSR count). The summed E-state index contributed by atoms with van der Waals surface area (Å²) in [5.41, 5.74) is 1.21. The van der Waals surface area contributed by atoms with Crippen LogP contribution in [0, 0.1) is 5.92 Å². The first-order valence-corrected chi connectivity index (χ1v) is 7.89. The van der Waals surface area contributed by atoms with Crippen LogP contribution in [0.2, 0.25) is 0 Å². The zero-order chi connectivity index (χ0) is 14.5. The Kier molecular flexibility index (Phi) is 5.29. The van der Waals surface area contributed by atoms with Crippen LogP contribution in [0.25, 0.3) is 0 Å². The van der Waals surface area contributed by atoms with Crippen molar-refractivity contribution in [2.75, 3.05) is 37.6 Å². The van der Waals surface area contributed by atoms with E-state index >= 15 is 0 Å². The Morgan fingerprint density at radius 2 is 2.00 bits per heavy atom. The minimum absolute atomic E-state index is 0.0626. The Hall–Kier alpha value is -1.23. The standard InChI is InChI=1S/C15H22BrN3O/c1-12(2)11-17-15(20)19-8-6-18(7-9-19)14-5-3-4-13(16)10-14/h3-5,10,12H,6-9,11H2,1-2H3,(H,17,20). The Bertz CT molecular complexity index is 456. The number of rotatable bonds is 3. The summed E-state index contributed by atoms with van der Waals surface area (Å²) in [5, 5.41) is 2.98. The third-order valence-corrected chi connectivity index (χ3v) is 3.90. The van der Waals surface area contributed by atoms with E-state index in [2.05, 4.69) is 52.1 Å². The van der Waals surface area contributed by atoms with Crippen molar-refractivity contribution in [1.29, 1.82) is 0 Å². The van der Waals surface area contributed by atoms with Gasteiger partial charge >= 0.3 is 6.03 Å². The van der Waals surface area contributed by atoms with Crippen molar-refractivity contribution >= 4 is 27.6 Å². The largest absolute Gasteiger partial charge is 0.368 e. The second-order valence-corrected chi connectivity index (χ2v) is 6.45. The molecule has 1 saturated heterocycles. The van der Waals surface area contributed by atoms with Crippen molar-refractivity contribution in [3.63, 3.8) is 0 Å². The zero-order valence-corrected chi connectivity index (χ0v) is 13.7. The van der Waals surface area contributed by atoms with Crippen LogP contribution in [-0.4, -0.2) is 43.7 Å². The summed E-state index contributed by atoms with van der Waals surface area (Å²) in [6.07, 6.45) is 0. The normalized spacial score (nSPS) is 15.6. The van der Waals surface area contributed by atoms with Gasteiger partial charge in [0, 0.05) is 42.9 Å². The number of hydrogen-bond acceptors (Lipinski definition) is 2. The molecule has 1 fully saturated rings. The predicted molar refractivity (Wildman–Crippen MR) is 86.2 cm³/mol. The summed E-state index contributed by atoms with van der Waals surface area (Å²) in [4.78, 5) is 16.2. The summed E-state index contributed by atoms with van der Waals surface area (Å²) in [6, 6.07) is 8.36. The van der Waals surface area contributed by atoms with E-state index in [1.54, 1.807) is 0 Å². The van der Waals surface area contributed by atoms with E-state index in [4.69, 9.17) is 0 Å². The highest BCUT2D eigenvalue weighted by molar-refractivity contribution is 9.10. The molecule has 0 radical (unpaired) electrons. The molecule has 0 unspecified atom stereocenters. The lowest BCUT2D eigenvalue weighted by Gasteiger charge is -2.36. The van der Waals surface area contributed by atoms with Crippen LogP contribution in [0.3, 0.4) is 0 Å². The van der Waals surface area contributed by atoms with E-state index < -0.39 is 0 Å². The van der Waals surface area contributed by atoms with Gasteiger partial charge in [-0.25, -0.2) is 4.79 Å². The maximum Gasteiger partial charge on any atom is 0.317 e. The Balaban J connectivity index is 1.84. The van der Waals surface area contributed by atoms with E-state index in [1.807, 2.05) is 17.0 Å².